The van der Waals surface area contributed by atoms with Crippen LogP contribution in [-0.2, 0) is 22.4 Å². The van der Waals surface area contributed by atoms with Gasteiger partial charge in [-0.1, -0.05) is 54.6 Å². The summed E-state index contributed by atoms with van der Waals surface area (Å²) in [5.74, 6) is 1.33. The molecule has 0 saturated carbocycles. The normalized spacial score (nSPS) is 14.2. The average Bonchev–Trinajstić information content (AvgIpc) is 2.93. The molecule has 0 bridgehead atoms. The molecular formula is C29H33N3O4. The van der Waals surface area contributed by atoms with Crippen LogP contribution in [0, 0.1) is 0 Å². The molecule has 2 amide bonds. The Morgan fingerprint density at radius 1 is 0.806 bits per heavy atom. The summed E-state index contributed by atoms with van der Waals surface area (Å²) in [5, 5.41) is 3.01. The van der Waals surface area contributed by atoms with Crippen molar-refractivity contribution in [1.29, 1.82) is 0 Å². The molecule has 0 aromatic heterocycles. The third kappa shape index (κ3) is 6.36. The van der Waals surface area contributed by atoms with E-state index in [1.54, 1.807) is 14.2 Å². The van der Waals surface area contributed by atoms with Crippen molar-refractivity contribution in [3.05, 3.63) is 90.0 Å². The summed E-state index contributed by atoms with van der Waals surface area (Å²) in [5.41, 5.74) is 2.90. The first-order valence-corrected chi connectivity index (χ1v) is 12.2. The smallest absolute Gasteiger partial charge is 0.245 e. The molecule has 0 radical (unpaired) electrons. The standard InChI is InChI=1S/C29H33N3O4/c1-35-24-14-12-23(13-15-24)21-28(33)30-25(20-22-8-4-3-5-9-22)29(34)32-18-16-31(17-19-32)26-10-6-7-11-27(26)36-2/h3-15,25H,16-21H2,1-2H3,(H,30,33). The molecule has 4 rings (SSSR count). The van der Waals surface area contributed by atoms with Gasteiger partial charge in [0.15, 0.2) is 0 Å². The van der Waals surface area contributed by atoms with E-state index >= 15 is 0 Å². The van der Waals surface area contributed by atoms with Crippen LogP contribution in [0.4, 0.5) is 5.69 Å². The van der Waals surface area contributed by atoms with Crippen LogP contribution in [0.15, 0.2) is 78.9 Å². The summed E-state index contributed by atoms with van der Waals surface area (Å²) in [6, 6.07) is 24.5. The van der Waals surface area contributed by atoms with E-state index in [1.165, 1.54) is 0 Å². The number of nitrogens with one attached hydrogen (secondary N) is 1. The van der Waals surface area contributed by atoms with Crippen molar-refractivity contribution < 1.29 is 19.1 Å². The maximum absolute atomic E-state index is 13.6. The van der Waals surface area contributed by atoms with E-state index in [-0.39, 0.29) is 18.2 Å². The highest BCUT2D eigenvalue weighted by Crippen LogP contribution is 2.28. The van der Waals surface area contributed by atoms with Crippen molar-refractivity contribution in [3.8, 4) is 11.5 Å². The average molecular weight is 488 g/mol. The SMILES string of the molecule is COc1ccc(CC(=O)NC(Cc2ccccc2)C(=O)N2CCN(c3ccccc3OC)CC2)cc1. The molecular weight excluding hydrogens is 454 g/mol. The van der Waals surface area contributed by atoms with Crippen molar-refractivity contribution in [1.82, 2.24) is 10.2 Å². The molecule has 3 aromatic rings. The van der Waals surface area contributed by atoms with Gasteiger partial charge in [-0.15, -0.1) is 0 Å². The molecule has 36 heavy (non-hydrogen) atoms. The number of piperazine rings is 1. The quantitative estimate of drug-likeness (QED) is 0.502. The Morgan fingerprint density at radius 3 is 2.14 bits per heavy atom. The minimum Gasteiger partial charge on any atom is -0.497 e. The predicted molar refractivity (Wildman–Crippen MR) is 141 cm³/mol. The second-order valence-corrected chi connectivity index (χ2v) is 8.82. The molecule has 1 saturated heterocycles. The van der Waals surface area contributed by atoms with Crippen LogP contribution < -0.4 is 19.7 Å². The van der Waals surface area contributed by atoms with Crippen LogP contribution in [0.25, 0.3) is 0 Å². The summed E-state index contributed by atoms with van der Waals surface area (Å²) in [4.78, 5) is 30.6. The largest absolute Gasteiger partial charge is 0.497 e. The summed E-state index contributed by atoms with van der Waals surface area (Å²) in [7, 11) is 3.28. The molecule has 188 valence electrons. The summed E-state index contributed by atoms with van der Waals surface area (Å²) in [6.07, 6.45) is 0.644. The Bertz CT molecular complexity index is 1140. The highest BCUT2D eigenvalue weighted by atomic mass is 16.5. The maximum Gasteiger partial charge on any atom is 0.245 e. The molecule has 1 N–H and O–H groups in total. The molecule has 0 spiro atoms. The van der Waals surface area contributed by atoms with Gasteiger partial charge in [-0.05, 0) is 35.4 Å². The van der Waals surface area contributed by atoms with Gasteiger partial charge in [-0.2, -0.15) is 0 Å². The Morgan fingerprint density at radius 2 is 1.47 bits per heavy atom. The van der Waals surface area contributed by atoms with Gasteiger partial charge in [0.1, 0.15) is 17.5 Å². The van der Waals surface area contributed by atoms with Gasteiger partial charge in [0.05, 0.1) is 26.3 Å². The second-order valence-electron chi connectivity index (χ2n) is 8.82. The number of anilines is 1. The highest BCUT2D eigenvalue weighted by molar-refractivity contribution is 5.89. The van der Waals surface area contributed by atoms with Gasteiger partial charge in [-0.25, -0.2) is 0 Å². The number of benzene rings is 3. The van der Waals surface area contributed by atoms with Crippen LogP contribution in [-0.4, -0.2) is 63.2 Å². The molecule has 1 heterocycles. The van der Waals surface area contributed by atoms with E-state index in [0.29, 0.717) is 32.6 Å². The maximum atomic E-state index is 13.6. The van der Waals surface area contributed by atoms with Gasteiger partial charge >= 0.3 is 0 Å². The number of hydrogen-bond donors (Lipinski definition) is 1. The molecule has 1 unspecified atom stereocenters. The number of rotatable bonds is 9. The van der Waals surface area contributed by atoms with Crippen molar-refractivity contribution in [2.45, 2.75) is 18.9 Å². The Balaban J connectivity index is 1.42. The third-order valence-electron chi connectivity index (χ3n) is 6.46. The predicted octanol–water partition coefficient (Wildman–Crippen LogP) is 3.32. The highest BCUT2D eigenvalue weighted by Gasteiger charge is 2.29. The van der Waals surface area contributed by atoms with Crippen LogP contribution >= 0.6 is 0 Å². The van der Waals surface area contributed by atoms with Crippen LogP contribution in [0.2, 0.25) is 0 Å². The van der Waals surface area contributed by atoms with Crippen molar-refractivity contribution in [3.63, 3.8) is 0 Å². The first-order valence-electron chi connectivity index (χ1n) is 12.2. The molecule has 1 fully saturated rings. The zero-order chi connectivity index (χ0) is 25.3. The third-order valence-corrected chi connectivity index (χ3v) is 6.46. The van der Waals surface area contributed by atoms with E-state index < -0.39 is 6.04 Å². The molecule has 1 aliphatic heterocycles. The molecule has 7 nitrogen and oxygen atoms in total. The lowest BCUT2D eigenvalue weighted by Gasteiger charge is -2.38. The lowest BCUT2D eigenvalue weighted by Crippen LogP contribution is -2.55. The summed E-state index contributed by atoms with van der Waals surface area (Å²) >= 11 is 0. The van der Waals surface area contributed by atoms with Crippen LogP contribution in [0.5, 0.6) is 11.5 Å². The lowest BCUT2D eigenvalue weighted by atomic mass is 10.0. The Hall–Kier alpha value is -4.00. The zero-order valence-electron chi connectivity index (χ0n) is 20.9. The van der Waals surface area contributed by atoms with E-state index in [2.05, 4.69) is 10.2 Å². The van der Waals surface area contributed by atoms with Crippen molar-refractivity contribution in [2.24, 2.45) is 0 Å². The number of hydrogen-bond acceptors (Lipinski definition) is 5. The lowest BCUT2D eigenvalue weighted by molar-refractivity contribution is -0.136. The van der Waals surface area contributed by atoms with E-state index in [0.717, 1.165) is 28.3 Å². The molecule has 7 heteroatoms. The molecule has 1 aliphatic rings. The minimum atomic E-state index is -0.629. The van der Waals surface area contributed by atoms with Crippen molar-refractivity contribution >= 4 is 17.5 Å². The number of methoxy groups -OCH3 is 2. The second kappa shape index (κ2) is 12.1. The van der Waals surface area contributed by atoms with E-state index in [4.69, 9.17) is 9.47 Å². The number of carbonyl (C=O) groups excluding carboxylic acids is 2. The number of para-hydroxylation sites is 2. The van der Waals surface area contributed by atoms with Gasteiger partial charge in [-0.3, -0.25) is 9.59 Å². The van der Waals surface area contributed by atoms with Gasteiger partial charge in [0.25, 0.3) is 0 Å². The fourth-order valence-electron chi connectivity index (χ4n) is 4.50. The zero-order valence-corrected chi connectivity index (χ0v) is 20.9. The number of ether oxygens (including phenoxy) is 2. The summed E-state index contributed by atoms with van der Waals surface area (Å²) < 4.78 is 10.7. The first-order chi connectivity index (χ1) is 17.6. The van der Waals surface area contributed by atoms with Gasteiger partial charge in [0, 0.05) is 32.6 Å². The van der Waals surface area contributed by atoms with Crippen LogP contribution in [0.3, 0.4) is 0 Å². The Labute approximate surface area is 212 Å². The van der Waals surface area contributed by atoms with Gasteiger partial charge in [0.2, 0.25) is 11.8 Å². The number of amides is 2. The Kier molecular flexibility index (Phi) is 8.44. The molecule has 1 atom stereocenters. The minimum absolute atomic E-state index is 0.0541. The topological polar surface area (TPSA) is 71.1 Å². The molecule has 3 aromatic carbocycles. The van der Waals surface area contributed by atoms with Gasteiger partial charge < -0.3 is 24.6 Å². The van der Waals surface area contributed by atoms with E-state index in [1.807, 2.05) is 83.8 Å². The van der Waals surface area contributed by atoms with Crippen molar-refractivity contribution in [2.75, 3.05) is 45.3 Å². The van der Waals surface area contributed by atoms with E-state index in [9.17, 15) is 9.59 Å². The van der Waals surface area contributed by atoms with Crippen LogP contribution in [0.1, 0.15) is 11.1 Å². The molecule has 0 aliphatic carbocycles. The fraction of sp³-hybridized carbons (Fsp3) is 0.310. The monoisotopic (exact) mass is 487 g/mol. The number of carbonyl (C=O) groups is 2. The number of nitrogens with zero attached hydrogens (tertiary/aromatic N) is 2. The fourth-order valence-corrected chi connectivity index (χ4v) is 4.50. The summed E-state index contributed by atoms with van der Waals surface area (Å²) in [6.45, 7) is 2.56. The first kappa shape index (κ1) is 25.1.